The Labute approximate surface area is 145 Å². The molecule has 1 fully saturated rings. The lowest BCUT2D eigenvalue weighted by molar-refractivity contribution is 0.346. The monoisotopic (exact) mass is 352 g/mol. The molecule has 1 aromatic rings. The summed E-state index contributed by atoms with van der Waals surface area (Å²) in [4.78, 5) is 4.53. The van der Waals surface area contributed by atoms with E-state index in [2.05, 4.69) is 22.5 Å². The highest BCUT2D eigenvalue weighted by atomic mass is 32.2. The summed E-state index contributed by atoms with van der Waals surface area (Å²) in [5, 5.41) is 6.41. The maximum absolute atomic E-state index is 12.7. The SMILES string of the molecule is CCCNC(=NC)NCc1cccc(S(=O)(=O)N2CCCCC2)c1. The van der Waals surface area contributed by atoms with Gasteiger partial charge >= 0.3 is 0 Å². The van der Waals surface area contributed by atoms with Crippen molar-refractivity contribution < 1.29 is 8.42 Å². The van der Waals surface area contributed by atoms with Crippen LogP contribution in [-0.4, -0.2) is 45.4 Å². The van der Waals surface area contributed by atoms with Gasteiger partial charge in [0.2, 0.25) is 10.0 Å². The summed E-state index contributed by atoms with van der Waals surface area (Å²) in [6.07, 6.45) is 4.02. The summed E-state index contributed by atoms with van der Waals surface area (Å²) in [5.41, 5.74) is 0.924. The van der Waals surface area contributed by atoms with Crippen molar-refractivity contribution in [2.24, 2.45) is 4.99 Å². The summed E-state index contributed by atoms with van der Waals surface area (Å²) >= 11 is 0. The number of rotatable bonds is 6. The molecule has 24 heavy (non-hydrogen) atoms. The highest BCUT2D eigenvalue weighted by molar-refractivity contribution is 7.89. The van der Waals surface area contributed by atoms with Crippen molar-refractivity contribution in [3.05, 3.63) is 29.8 Å². The molecule has 0 atom stereocenters. The number of guanidine groups is 1. The van der Waals surface area contributed by atoms with Crippen LogP contribution >= 0.6 is 0 Å². The maximum atomic E-state index is 12.7. The Bertz CT molecular complexity index is 652. The van der Waals surface area contributed by atoms with Crippen LogP contribution in [-0.2, 0) is 16.6 Å². The van der Waals surface area contributed by atoms with Gasteiger partial charge in [-0.1, -0.05) is 25.5 Å². The summed E-state index contributed by atoms with van der Waals surface area (Å²) in [6.45, 7) is 4.72. The fourth-order valence-corrected chi connectivity index (χ4v) is 4.31. The molecule has 0 amide bonds. The quantitative estimate of drug-likeness (QED) is 0.606. The van der Waals surface area contributed by atoms with Crippen molar-refractivity contribution in [3.63, 3.8) is 0 Å². The van der Waals surface area contributed by atoms with E-state index in [0.717, 1.165) is 43.8 Å². The number of nitrogens with zero attached hydrogens (tertiary/aromatic N) is 2. The third-order valence-corrected chi connectivity index (χ3v) is 5.97. The largest absolute Gasteiger partial charge is 0.356 e. The second kappa shape index (κ2) is 9.03. The third kappa shape index (κ3) is 4.95. The third-order valence-electron chi connectivity index (χ3n) is 4.08. The first-order valence-electron chi connectivity index (χ1n) is 8.61. The number of aliphatic imine (C=N–C) groups is 1. The van der Waals surface area contributed by atoms with Gasteiger partial charge in [-0.3, -0.25) is 4.99 Å². The Morgan fingerprint density at radius 2 is 1.96 bits per heavy atom. The Balaban J connectivity index is 2.05. The first kappa shape index (κ1) is 18.7. The number of hydrogen-bond donors (Lipinski definition) is 2. The van der Waals surface area contributed by atoms with E-state index in [0.29, 0.717) is 24.5 Å². The van der Waals surface area contributed by atoms with Crippen LogP contribution in [0.25, 0.3) is 0 Å². The second-order valence-electron chi connectivity index (χ2n) is 5.96. The van der Waals surface area contributed by atoms with E-state index in [1.54, 1.807) is 29.6 Å². The zero-order chi connectivity index (χ0) is 17.4. The molecule has 1 saturated heterocycles. The predicted molar refractivity (Wildman–Crippen MR) is 97.5 cm³/mol. The second-order valence-corrected chi connectivity index (χ2v) is 7.90. The van der Waals surface area contributed by atoms with E-state index in [1.807, 2.05) is 6.07 Å². The van der Waals surface area contributed by atoms with Crippen LogP contribution in [0.4, 0.5) is 0 Å². The van der Waals surface area contributed by atoms with Crippen molar-refractivity contribution in [1.82, 2.24) is 14.9 Å². The van der Waals surface area contributed by atoms with Crippen LogP contribution in [0.5, 0.6) is 0 Å². The lowest BCUT2D eigenvalue weighted by Crippen LogP contribution is -2.37. The van der Waals surface area contributed by atoms with Crippen molar-refractivity contribution >= 4 is 16.0 Å². The zero-order valence-electron chi connectivity index (χ0n) is 14.6. The summed E-state index contributed by atoms with van der Waals surface area (Å²) in [7, 11) is -1.66. The van der Waals surface area contributed by atoms with Crippen molar-refractivity contribution in [1.29, 1.82) is 0 Å². The molecule has 0 bridgehead atoms. The smallest absolute Gasteiger partial charge is 0.243 e. The van der Waals surface area contributed by atoms with E-state index >= 15 is 0 Å². The Kier molecular flexibility index (Phi) is 7.05. The fourth-order valence-electron chi connectivity index (χ4n) is 2.72. The standard InChI is InChI=1S/C17H28N4O2S/c1-3-10-19-17(18-2)20-14-15-8-7-9-16(13-15)24(22,23)21-11-5-4-6-12-21/h7-9,13H,3-6,10-12,14H2,1-2H3,(H2,18,19,20). The molecule has 1 aliphatic heterocycles. The average Bonchev–Trinajstić information content (AvgIpc) is 2.63. The van der Waals surface area contributed by atoms with E-state index in [-0.39, 0.29) is 0 Å². The van der Waals surface area contributed by atoms with Gasteiger partial charge in [0.05, 0.1) is 4.90 Å². The summed E-state index contributed by atoms with van der Waals surface area (Å²) in [6, 6.07) is 7.16. The molecule has 0 saturated carbocycles. The van der Waals surface area contributed by atoms with Crippen LogP contribution in [0, 0.1) is 0 Å². The Morgan fingerprint density at radius 1 is 1.21 bits per heavy atom. The van der Waals surface area contributed by atoms with Gasteiger partial charge in [-0.15, -0.1) is 0 Å². The minimum Gasteiger partial charge on any atom is -0.356 e. The lowest BCUT2D eigenvalue weighted by atomic mass is 10.2. The Morgan fingerprint density at radius 3 is 2.62 bits per heavy atom. The molecular weight excluding hydrogens is 324 g/mol. The average molecular weight is 353 g/mol. The molecule has 6 nitrogen and oxygen atoms in total. The molecule has 2 N–H and O–H groups in total. The van der Waals surface area contributed by atoms with E-state index in [1.165, 1.54) is 0 Å². The van der Waals surface area contributed by atoms with Crippen LogP contribution in [0.15, 0.2) is 34.2 Å². The number of sulfonamides is 1. The van der Waals surface area contributed by atoms with E-state index < -0.39 is 10.0 Å². The molecule has 0 spiro atoms. The number of piperidine rings is 1. The van der Waals surface area contributed by atoms with Crippen molar-refractivity contribution in [3.8, 4) is 0 Å². The van der Waals surface area contributed by atoms with Crippen LogP contribution in [0.2, 0.25) is 0 Å². The number of hydrogen-bond acceptors (Lipinski definition) is 3. The molecule has 1 heterocycles. The molecule has 0 radical (unpaired) electrons. The normalized spacial score (nSPS) is 16.8. The highest BCUT2D eigenvalue weighted by Crippen LogP contribution is 2.21. The first-order valence-corrected chi connectivity index (χ1v) is 10.1. The van der Waals surface area contributed by atoms with Gasteiger partial charge in [-0.2, -0.15) is 4.31 Å². The maximum Gasteiger partial charge on any atom is 0.243 e. The van der Waals surface area contributed by atoms with E-state index in [4.69, 9.17) is 0 Å². The van der Waals surface area contributed by atoms with Crippen LogP contribution in [0.1, 0.15) is 38.2 Å². The van der Waals surface area contributed by atoms with Gasteiger partial charge in [-0.05, 0) is 37.0 Å². The van der Waals surface area contributed by atoms with E-state index in [9.17, 15) is 8.42 Å². The van der Waals surface area contributed by atoms with Gasteiger partial charge in [-0.25, -0.2) is 8.42 Å². The minimum atomic E-state index is -3.38. The van der Waals surface area contributed by atoms with Gasteiger partial charge < -0.3 is 10.6 Å². The Hall–Kier alpha value is -1.60. The molecule has 0 unspecified atom stereocenters. The van der Waals surface area contributed by atoms with Crippen LogP contribution in [0.3, 0.4) is 0 Å². The minimum absolute atomic E-state index is 0.375. The molecule has 7 heteroatoms. The first-order chi connectivity index (χ1) is 11.6. The number of nitrogens with one attached hydrogen (secondary N) is 2. The fraction of sp³-hybridized carbons (Fsp3) is 0.588. The predicted octanol–water partition coefficient (Wildman–Crippen LogP) is 1.94. The van der Waals surface area contributed by atoms with Gasteiger partial charge in [0, 0.05) is 33.2 Å². The summed E-state index contributed by atoms with van der Waals surface area (Å²) in [5.74, 6) is 0.723. The van der Waals surface area contributed by atoms with Crippen LogP contribution < -0.4 is 10.6 Å². The number of benzene rings is 1. The lowest BCUT2D eigenvalue weighted by Gasteiger charge is -2.26. The molecule has 134 valence electrons. The molecule has 1 aromatic carbocycles. The van der Waals surface area contributed by atoms with Gasteiger partial charge in [0.25, 0.3) is 0 Å². The topological polar surface area (TPSA) is 73.8 Å². The summed E-state index contributed by atoms with van der Waals surface area (Å²) < 4.78 is 27.1. The molecule has 0 aliphatic carbocycles. The van der Waals surface area contributed by atoms with Crippen molar-refractivity contribution in [2.75, 3.05) is 26.7 Å². The zero-order valence-corrected chi connectivity index (χ0v) is 15.4. The molecule has 2 rings (SSSR count). The molecule has 0 aromatic heterocycles. The molecular formula is C17H28N4O2S. The van der Waals surface area contributed by atoms with Crippen molar-refractivity contribution in [2.45, 2.75) is 44.0 Å². The highest BCUT2D eigenvalue weighted by Gasteiger charge is 2.25. The van der Waals surface area contributed by atoms with Gasteiger partial charge in [0.15, 0.2) is 5.96 Å². The van der Waals surface area contributed by atoms with Gasteiger partial charge in [0.1, 0.15) is 0 Å². The molecule has 1 aliphatic rings.